The third-order valence-corrected chi connectivity index (χ3v) is 3.27. The lowest BCUT2D eigenvalue weighted by Crippen LogP contribution is -2.38. The zero-order valence-corrected chi connectivity index (χ0v) is 12.6. The van der Waals surface area contributed by atoms with E-state index >= 15 is 0 Å². The molecule has 0 bridgehead atoms. The lowest BCUT2D eigenvalue weighted by atomic mass is 10.1. The summed E-state index contributed by atoms with van der Waals surface area (Å²) in [6, 6.07) is 1.23. The van der Waals surface area contributed by atoms with E-state index in [4.69, 9.17) is 16.3 Å². The number of halogens is 3. The van der Waals surface area contributed by atoms with Gasteiger partial charge >= 0.3 is 5.97 Å². The van der Waals surface area contributed by atoms with Crippen molar-refractivity contribution in [3.8, 4) is 0 Å². The van der Waals surface area contributed by atoms with Gasteiger partial charge in [0.15, 0.2) is 18.2 Å². The molecule has 0 unspecified atom stereocenters. The molecule has 1 rings (SSSR count). The van der Waals surface area contributed by atoms with Crippen LogP contribution in [0.3, 0.4) is 0 Å². The second kappa shape index (κ2) is 7.36. The fourth-order valence-corrected chi connectivity index (χ4v) is 1.58. The molecule has 0 fully saturated rings. The van der Waals surface area contributed by atoms with Crippen molar-refractivity contribution in [1.82, 2.24) is 5.32 Å². The molecule has 21 heavy (non-hydrogen) atoms. The maximum Gasteiger partial charge on any atom is 0.340 e. The molecule has 0 spiro atoms. The van der Waals surface area contributed by atoms with Gasteiger partial charge in [-0.1, -0.05) is 25.4 Å². The molecule has 116 valence electrons. The van der Waals surface area contributed by atoms with Gasteiger partial charge in [-0.3, -0.25) is 4.79 Å². The third kappa shape index (κ3) is 4.97. The summed E-state index contributed by atoms with van der Waals surface area (Å²) in [5, 5.41) is 2.36. The van der Waals surface area contributed by atoms with Crippen LogP contribution in [0.5, 0.6) is 0 Å². The van der Waals surface area contributed by atoms with Crippen LogP contribution in [0.25, 0.3) is 0 Å². The van der Waals surface area contributed by atoms with Gasteiger partial charge < -0.3 is 10.1 Å². The Labute approximate surface area is 126 Å². The summed E-state index contributed by atoms with van der Waals surface area (Å²) in [5.41, 5.74) is -0.333. The first-order valence-electron chi connectivity index (χ1n) is 6.33. The van der Waals surface area contributed by atoms with Crippen LogP contribution in [-0.2, 0) is 9.53 Å². The van der Waals surface area contributed by atoms with Crippen molar-refractivity contribution >= 4 is 23.5 Å². The van der Waals surface area contributed by atoms with E-state index in [9.17, 15) is 18.4 Å². The van der Waals surface area contributed by atoms with Crippen molar-refractivity contribution in [2.24, 2.45) is 5.92 Å². The Morgan fingerprint density at radius 3 is 2.38 bits per heavy atom. The largest absolute Gasteiger partial charge is 0.452 e. The second-order valence-electron chi connectivity index (χ2n) is 4.92. The molecule has 0 aliphatic heterocycles. The molecule has 1 atom stereocenters. The van der Waals surface area contributed by atoms with E-state index in [0.29, 0.717) is 12.1 Å². The average molecular weight is 320 g/mol. The first kappa shape index (κ1) is 17.4. The molecule has 0 saturated heterocycles. The monoisotopic (exact) mass is 319 g/mol. The van der Waals surface area contributed by atoms with Gasteiger partial charge in [-0.05, 0) is 25.0 Å². The SMILES string of the molecule is CC(C)[C@@H](C)NC(=O)COC(=O)c1cc(F)c(F)cc1Cl. The summed E-state index contributed by atoms with van der Waals surface area (Å²) in [5.74, 6) is -3.64. The number of nitrogens with one attached hydrogen (secondary N) is 1. The predicted molar refractivity (Wildman–Crippen MR) is 74.1 cm³/mol. The summed E-state index contributed by atoms with van der Waals surface area (Å²) in [4.78, 5) is 23.2. The summed E-state index contributed by atoms with van der Waals surface area (Å²) < 4.78 is 30.7. The molecule has 1 amide bonds. The van der Waals surface area contributed by atoms with Gasteiger partial charge in [-0.15, -0.1) is 0 Å². The minimum absolute atomic E-state index is 0.0805. The highest BCUT2D eigenvalue weighted by atomic mass is 35.5. The summed E-state index contributed by atoms with van der Waals surface area (Å²) in [6.45, 7) is 5.15. The number of rotatable bonds is 5. The number of benzene rings is 1. The van der Waals surface area contributed by atoms with Gasteiger partial charge in [-0.25, -0.2) is 13.6 Å². The van der Waals surface area contributed by atoms with Crippen molar-refractivity contribution in [3.05, 3.63) is 34.4 Å². The van der Waals surface area contributed by atoms with Crippen LogP contribution in [0.4, 0.5) is 8.78 Å². The molecule has 4 nitrogen and oxygen atoms in total. The van der Waals surface area contributed by atoms with Crippen molar-refractivity contribution in [1.29, 1.82) is 0 Å². The normalized spacial score (nSPS) is 12.1. The van der Waals surface area contributed by atoms with E-state index in [1.54, 1.807) is 0 Å². The van der Waals surface area contributed by atoms with Crippen LogP contribution in [0.15, 0.2) is 12.1 Å². The van der Waals surface area contributed by atoms with Crippen LogP contribution in [-0.4, -0.2) is 24.5 Å². The number of amides is 1. The summed E-state index contributed by atoms with van der Waals surface area (Å²) in [7, 11) is 0. The molecule has 1 N–H and O–H groups in total. The maximum atomic E-state index is 13.1. The van der Waals surface area contributed by atoms with E-state index < -0.39 is 30.1 Å². The van der Waals surface area contributed by atoms with Gasteiger partial charge in [0, 0.05) is 6.04 Å². The molecular formula is C14H16ClF2NO3. The molecule has 7 heteroatoms. The highest BCUT2D eigenvalue weighted by Crippen LogP contribution is 2.20. The van der Waals surface area contributed by atoms with Crippen LogP contribution >= 0.6 is 11.6 Å². The molecular weight excluding hydrogens is 304 g/mol. The number of hydrogen-bond acceptors (Lipinski definition) is 3. The Kier molecular flexibility index (Phi) is 6.08. The molecule has 0 saturated carbocycles. The van der Waals surface area contributed by atoms with Gasteiger partial charge in [0.2, 0.25) is 0 Å². The highest BCUT2D eigenvalue weighted by molar-refractivity contribution is 6.33. The number of carbonyl (C=O) groups excluding carboxylic acids is 2. The summed E-state index contributed by atoms with van der Waals surface area (Å²) >= 11 is 5.63. The number of ether oxygens (including phenoxy) is 1. The molecule has 0 aliphatic rings. The van der Waals surface area contributed by atoms with E-state index in [-0.39, 0.29) is 22.5 Å². The minimum Gasteiger partial charge on any atom is -0.452 e. The van der Waals surface area contributed by atoms with Crippen molar-refractivity contribution in [3.63, 3.8) is 0 Å². The van der Waals surface area contributed by atoms with Crippen molar-refractivity contribution < 1.29 is 23.1 Å². The topological polar surface area (TPSA) is 55.4 Å². The fraction of sp³-hybridized carbons (Fsp3) is 0.429. The van der Waals surface area contributed by atoms with Gasteiger partial charge in [0.1, 0.15) is 0 Å². The van der Waals surface area contributed by atoms with Gasteiger partial charge in [-0.2, -0.15) is 0 Å². The van der Waals surface area contributed by atoms with Gasteiger partial charge in [0.05, 0.1) is 10.6 Å². The quantitative estimate of drug-likeness (QED) is 0.670. The van der Waals surface area contributed by atoms with E-state index in [0.717, 1.165) is 0 Å². The molecule has 0 heterocycles. The molecule has 0 aromatic heterocycles. The smallest absolute Gasteiger partial charge is 0.340 e. The Morgan fingerprint density at radius 1 is 1.24 bits per heavy atom. The van der Waals surface area contributed by atoms with Crippen molar-refractivity contribution in [2.75, 3.05) is 6.61 Å². The van der Waals surface area contributed by atoms with E-state index in [2.05, 4.69) is 5.32 Å². The van der Waals surface area contributed by atoms with Gasteiger partial charge in [0.25, 0.3) is 5.91 Å². The first-order valence-corrected chi connectivity index (χ1v) is 6.71. The van der Waals surface area contributed by atoms with Crippen LogP contribution < -0.4 is 5.32 Å². The summed E-state index contributed by atoms with van der Waals surface area (Å²) in [6.07, 6.45) is 0. The predicted octanol–water partition coefficient (Wildman–Crippen LogP) is 2.94. The Bertz CT molecular complexity index is 549. The number of esters is 1. The number of carbonyl (C=O) groups is 2. The Hall–Kier alpha value is -1.69. The lowest BCUT2D eigenvalue weighted by molar-refractivity contribution is -0.125. The Balaban J connectivity index is 2.62. The highest BCUT2D eigenvalue weighted by Gasteiger charge is 2.18. The zero-order valence-electron chi connectivity index (χ0n) is 11.9. The Morgan fingerprint density at radius 2 is 1.81 bits per heavy atom. The lowest BCUT2D eigenvalue weighted by Gasteiger charge is -2.17. The first-order chi connectivity index (χ1) is 9.72. The second-order valence-corrected chi connectivity index (χ2v) is 5.33. The third-order valence-electron chi connectivity index (χ3n) is 2.95. The minimum atomic E-state index is -1.22. The van der Waals surface area contributed by atoms with Crippen LogP contribution in [0.1, 0.15) is 31.1 Å². The maximum absolute atomic E-state index is 13.1. The molecule has 1 aromatic rings. The zero-order chi connectivity index (χ0) is 16.2. The van der Waals surface area contributed by atoms with E-state index in [1.165, 1.54) is 0 Å². The van der Waals surface area contributed by atoms with Crippen LogP contribution in [0.2, 0.25) is 5.02 Å². The number of hydrogen-bond donors (Lipinski definition) is 1. The van der Waals surface area contributed by atoms with E-state index in [1.807, 2.05) is 20.8 Å². The van der Waals surface area contributed by atoms with Crippen molar-refractivity contribution in [2.45, 2.75) is 26.8 Å². The molecule has 1 aromatic carbocycles. The standard InChI is InChI=1S/C14H16ClF2NO3/c1-7(2)8(3)18-13(19)6-21-14(20)9-4-11(16)12(17)5-10(9)15/h4-5,7-8H,6H2,1-3H3,(H,18,19)/t8-/m1/s1. The fourth-order valence-electron chi connectivity index (χ4n) is 1.35. The molecule has 0 radical (unpaired) electrons. The van der Waals surface area contributed by atoms with Crippen LogP contribution in [0, 0.1) is 17.6 Å². The average Bonchev–Trinajstić information content (AvgIpc) is 2.40. The molecule has 0 aliphatic carbocycles.